The van der Waals surface area contributed by atoms with E-state index in [0.29, 0.717) is 29.8 Å². The summed E-state index contributed by atoms with van der Waals surface area (Å²) in [6.45, 7) is 0. The van der Waals surface area contributed by atoms with E-state index in [1.165, 1.54) is 19.3 Å². The summed E-state index contributed by atoms with van der Waals surface area (Å²) in [4.78, 5) is 24.7. The van der Waals surface area contributed by atoms with Crippen LogP contribution in [-0.4, -0.2) is 17.9 Å². The minimum Gasteiger partial charge on any atom is -0.399 e. The van der Waals surface area contributed by atoms with Gasteiger partial charge >= 0.3 is 0 Å². The van der Waals surface area contributed by atoms with Crippen LogP contribution in [0, 0.1) is 0 Å². The monoisotopic (exact) mass is 365 g/mol. The third kappa shape index (κ3) is 5.58. The van der Waals surface area contributed by atoms with Crippen LogP contribution in [0.4, 0.5) is 11.4 Å². The smallest absolute Gasteiger partial charge is 0.251 e. The Hall–Kier alpha value is -2.82. The van der Waals surface area contributed by atoms with Crippen molar-refractivity contribution in [2.45, 2.75) is 51.0 Å². The molecule has 2 aromatic carbocycles. The minimum atomic E-state index is -0.0944. The van der Waals surface area contributed by atoms with Crippen LogP contribution in [0.2, 0.25) is 0 Å². The molecule has 2 amide bonds. The molecule has 4 N–H and O–H groups in total. The zero-order valence-corrected chi connectivity index (χ0v) is 15.5. The Kier molecular flexibility index (Phi) is 6.47. The van der Waals surface area contributed by atoms with Gasteiger partial charge in [-0.15, -0.1) is 0 Å². The van der Waals surface area contributed by atoms with Gasteiger partial charge in [-0.25, -0.2) is 0 Å². The molecule has 1 aliphatic carbocycles. The molecular weight excluding hydrogens is 338 g/mol. The minimum absolute atomic E-state index is 0.0740. The number of para-hydroxylation sites is 1. The van der Waals surface area contributed by atoms with Crippen LogP contribution in [0.3, 0.4) is 0 Å². The fraction of sp³-hybridized carbons (Fsp3) is 0.364. The van der Waals surface area contributed by atoms with E-state index in [1.807, 2.05) is 24.3 Å². The quantitative estimate of drug-likeness (QED) is 0.679. The van der Waals surface area contributed by atoms with Crippen molar-refractivity contribution < 1.29 is 9.59 Å². The molecule has 27 heavy (non-hydrogen) atoms. The van der Waals surface area contributed by atoms with Crippen molar-refractivity contribution >= 4 is 23.2 Å². The molecule has 0 bridgehead atoms. The van der Waals surface area contributed by atoms with E-state index < -0.39 is 0 Å². The Morgan fingerprint density at radius 2 is 1.78 bits per heavy atom. The van der Waals surface area contributed by atoms with Crippen LogP contribution in [0.5, 0.6) is 0 Å². The van der Waals surface area contributed by atoms with Gasteiger partial charge in [0.15, 0.2) is 0 Å². The molecule has 2 aromatic rings. The second-order valence-corrected chi connectivity index (χ2v) is 7.14. The van der Waals surface area contributed by atoms with E-state index in [2.05, 4.69) is 10.6 Å². The van der Waals surface area contributed by atoms with Crippen molar-refractivity contribution in [2.24, 2.45) is 0 Å². The van der Waals surface area contributed by atoms with E-state index in [9.17, 15) is 9.59 Å². The molecule has 1 fully saturated rings. The highest BCUT2D eigenvalue weighted by molar-refractivity contribution is 5.97. The summed E-state index contributed by atoms with van der Waals surface area (Å²) in [5.74, 6) is -0.168. The first kappa shape index (κ1) is 19.0. The third-order valence-electron chi connectivity index (χ3n) is 5.03. The van der Waals surface area contributed by atoms with Gasteiger partial charge in [-0.2, -0.15) is 0 Å². The summed E-state index contributed by atoms with van der Waals surface area (Å²) in [5.41, 5.74) is 8.79. The molecule has 0 heterocycles. The third-order valence-corrected chi connectivity index (χ3v) is 5.03. The molecule has 5 heteroatoms. The Morgan fingerprint density at radius 1 is 1.00 bits per heavy atom. The highest BCUT2D eigenvalue weighted by Gasteiger charge is 2.17. The predicted molar refractivity (Wildman–Crippen MR) is 109 cm³/mol. The molecular formula is C22H27N3O2. The van der Waals surface area contributed by atoms with Gasteiger partial charge in [0.2, 0.25) is 5.91 Å². The van der Waals surface area contributed by atoms with Crippen molar-refractivity contribution in [3.05, 3.63) is 59.7 Å². The molecule has 1 saturated carbocycles. The maximum absolute atomic E-state index is 12.5. The van der Waals surface area contributed by atoms with Gasteiger partial charge in [0.1, 0.15) is 0 Å². The number of carbonyl (C=O) groups excluding carboxylic acids is 2. The largest absolute Gasteiger partial charge is 0.399 e. The van der Waals surface area contributed by atoms with Gasteiger partial charge in [0, 0.05) is 29.4 Å². The number of nitrogens with two attached hydrogens (primary N) is 1. The zero-order valence-electron chi connectivity index (χ0n) is 15.5. The first-order valence-electron chi connectivity index (χ1n) is 9.66. The molecule has 0 spiro atoms. The maximum atomic E-state index is 12.5. The normalized spacial score (nSPS) is 14.5. The number of nitrogen functional groups attached to an aromatic ring is 1. The fourth-order valence-corrected chi connectivity index (χ4v) is 3.49. The number of carbonyl (C=O) groups is 2. The zero-order chi connectivity index (χ0) is 19.1. The van der Waals surface area contributed by atoms with Gasteiger partial charge in [0.05, 0.1) is 0 Å². The van der Waals surface area contributed by atoms with Crippen molar-refractivity contribution in [3.63, 3.8) is 0 Å². The number of nitrogens with one attached hydrogen (secondary N) is 2. The molecule has 0 aliphatic heterocycles. The molecule has 1 aliphatic rings. The predicted octanol–water partition coefficient (Wildman–Crippen LogP) is 3.90. The summed E-state index contributed by atoms with van der Waals surface area (Å²) in [6.07, 6.45) is 6.62. The van der Waals surface area contributed by atoms with Gasteiger partial charge in [-0.1, -0.05) is 43.5 Å². The lowest BCUT2D eigenvalue weighted by molar-refractivity contribution is -0.116. The molecule has 0 saturated heterocycles. The lowest BCUT2D eigenvalue weighted by atomic mass is 9.95. The number of hydrogen-bond acceptors (Lipinski definition) is 3. The SMILES string of the molecule is Nc1ccccc1CCC(=O)Nc1cccc(C(=O)NC2CCCCC2)c1. The van der Waals surface area contributed by atoms with E-state index >= 15 is 0 Å². The van der Waals surface area contributed by atoms with Gasteiger partial charge in [0.25, 0.3) is 5.91 Å². The van der Waals surface area contributed by atoms with Crippen molar-refractivity contribution in [3.8, 4) is 0 Å². The van der Waals surface area contributed by atoms with Crippen molar-refractivity contribution in [1.29, 1.82) is 0 Å². The van der Waals surface area contributed by atoms with Crippen LogP contribution in [0.1, 0.15) is 54.4 Å². The molecule has 0 aromatic heterocycles. The van der Waals surface area contributed by atoms with Crippen LogP contribution in [-0.2, 0) is 11.2 Å². The number of aryl methyl sites for hydroxylation is 1. The second-order valence-electron chi connectivity index (χ2n) is 7.14. The van der Waals surface area contributed by atoms with Crippen molar-refractivity contribution in [1.82, 2.24) is 5.32 Å². The number of anilines is 2. The average Bonchev–Trinajstić information content (AvgIpc) is 2.68. The summed E-state index contributed by atoms with van der Waals surface area (Å²) in [5, 5.41) is 5.97. The van der Waals surface area contributed by atoms with Gasteiger partial charge in [-0.3, -0.25) is 9.59 Å². The maximum Gasteiger partial charge on any atom is 0.251 e. The molecule has 0 radical (unpaired) electrons. The average molecular weight is 365 g/mol. The fourth-order valence-electron chi connectivity index (χ4n) is 3.49. The summed E-state index contributed by atoms with van der Waals surface area (Å²) < 4.78 is 0. The first-order valence-corrected chi connectivity index (χ1v) is 9.66. The summed E-state index contributed by atoms with van der Waals surface area (Å²) >= 11 is 0. The first-order chi connectivity index (χ1) is 13.1. The van der Waals surface area contributed by atoms with Crippen LogP contribution >= 0.6 is 0 Å². The topological polar surface area (TPSA) is 84.2 Å². The van der Waals surface area contributed by atoms with Crippen LogP contribution in [0.25, 0.3) is 0 Å². The van der Waals surface area contributed by atoms with E-state index in [4.69, 9.17) is 5.73 Å². The lowest BCUT2D eigenvalue weighted by Gasteiger charge is -2.22. The number of benzene rings is 2. The molecule has 0 atom stereocenters. The van der Waals surface area contributed by atoms with Gasteiger partial charge < -0.3 is 16.4 Å². The van der Waals surface area contributed by atoms with Crippen LogP contribution < -0.4 is 16.4 Å². The van der Waals surface area contributed by atoms with Crippen molar-refractivity contribution in [2.75, 3.05) is 11.1 Å². The summed E-state index contributed by atoms with van der Waals surface area (Å²) in [7, 11) is 0. The number of amides is 2. The second kappa shape index (κ2) is 9.21. The summed E-state index contributed by atoms with van der Waals surface area (Å²) in [6, 6.07) is 14.9. The number of hydrogen-bond donors (Lipinski definition) is 3. The van der Waals surface area contributed by atoms with E-state index in [0.717, 1.165) is 18.4 Å². The lowest BCUT2D eigenvalue weighted by Crippen LogP contribution is -2.36. The number of rotatable bonds is 6. The standard InChI is InChI=1S/C22H27N3O2/c23-20-12-5-4-7-16(20)13-14-21(26)24-19-11-6-8-17(15-19)22(27)25-18-9-2-1-3-10-18/h4-8,11-12,15,18H,1-3,9-10,13-14,23H2,(H,24,26)(H,25,27). The Balaban J connectivity index is 1.54. The van der Waals surface area contributed by atoms with Gasteiger partial charge in [-0.05, 0) is 49.1 Å². The highest BCUT2D eigenvalue weighted by atomic mass is 16.2. The van der Waals surface area contributed by atoms with E-state index in [1.54, 1.807) is 24.3 Å². The Labute approximate surface area is 160 Å². The van der Waals surface area contributed by atoms with Crippen LogP contribution in [0.15, 0.2) is 48.5 Å². The Morgan fingerprint density at radius 3 is 2.56 bits per heavy atom. The molecule has 142 valence electrons. The highest BCUT2D eigenvalue weighted by Crippen LogP contribution is 2.19. The molecule has 5 nitrogen and oxygen atoms in total. The Bertz CT molecular complexity index is 798. The molecule has 3 rings (SSSR count). The molecule has 0 unspecified atom stereocenters. The van der Waals surface area contributed by atoms with E-state index in [-0.39, 0.29) is 17.9 Å².